The molecule has 0 saturated carbocycles. The number of rotatable bonds is 3. The van der Waals surface area contributed by atoms with Crippen LogP contribution in [0.15, 0.2) is 43.0 Å². The smallest absolute Gasteiger partial charge is 0.173 e. The zero-order chi connectivity index (χ0) is 14.8. The van der Waals surface area contributed by atoms with E-state index in [-0.39, 0.29) is 0 Å². The molecule has 1 aliphatic rings. The van der Waals surface area contributed by atoms with Crippen molar-refractivity contribution in [2.24, 2.45) is 0 Å². The van der Waals surface area contributed by atoms with Gasteiger partial charge in [0.25, 0.3) is 0 Å². The van der Waals surface area contributed by atoms with Crippen LogP contribution in [0.4, 0.5) is 0 Å². The zero-order valence-corrected chi connectivity index (χ0v) is 11.9. The molecule has 1 aromatic carbocycles. The second kappa shape index (κ2) is 6.07. The Morgan fingerprint density at radius 1 is 1.14 bits per heavy atom. The zero-order valence-electron chi connectivity index (χ0n) is 11.1. The van der Waals surface area contributed by atoms with Gasteiger partial charge in [-0.3, -0.25) is 0 Å². The third kappa shape index (κ3) is 3.06. The quantitative estimate of drug-likeness (QED) is 0.761. The molecule has 2 heterocycles. The number of imidazole rings is 1. The molecule has 3 N–H and O–H groups in total. The van der Waals surface area contributed by atoms with Crippen molar-refractivity contribution in [2.75, 3.05) is 5.75 Å². The van der Waals surface area contributed by atoms with Crippen LogP contribution in [-0.4, -0.2) is 54.4 Å². The van der Waals surface area contributed by atoms with Crippen molar-refractivity contribution in [3.8, 4) is 11.4 Å². The van der Waals surface area contributed by atoms with Gasteiger partial charge < -0.3 is 24.6 Å². The van der Waals surface area contributed by atoms with Gasteiger partial charge in [-0.05, 0) is 24.3 Å². The number of aliphatic hydroxyl groups excluding tert-OH is 3. The van der Waals surface area contributed by atoms with E-state index in [4.69, 9.17) is 4.74 Å². The molecule has 3 rings (SSSR count). The molecular weight excluding hydrogens is 292 g/mol. The SMILES string of the molecule is O[C@@H]1[C@@H](O)[C@H](Oc2ccc(-n3ccnc3)cc2)SC[C@H]1O. The van der Waals surface area contributed by atoms with Crippen LogP contribution in [0.5, 0.6) is 5.75 Å². The summed E-state index contributed by atoms with van der Waals surface area (Å²) in [7, 11) is 0. The first kappa shape index (κ1) is 14.4. The van der Waals surface area contributed by atoms with Crippen LogP contribution < -0.4 is 4.74 Å². The Bertz CT molecular complexity index is 575. The largest absolute Gasteiger partial charge is 0.477 e. The molecule has 0 unspecified atom stereocenters. The molecule has 112 valence electrons. The molecule has 0 radical (unpaired) electrons. The molecule has 6 nitrogen and oxygen atoms in total. The van der Waals surface area contributed by atoms with Gasteiger partial charge in [0.2, 0.25) is 0 Å². The van der Waals surface area contributed by atoms with E-state index in [1.165, 1.54) is 11.8 Å². The summed E-state index contributed by atoms with van der Waals surface area (Å²) >= 11 is 1.28. The van der Waals surface area contributed by atoms with Gasteiger partial charge in [0.1, 0.15) is 18.0 Å². The highest BCUT2D eigenvalue weighted by molar-refractivity contribution is 7.99. The van der Waals surface area contributed by atoms with Crippen LogP contribution in [0, 0.1) is 0 Å². The Balaban J connectivity index is 1.68. The highest BCUT2D eigenvalue weighted by atomic mass is 32.2. The Hall–Kier alpha value is -1.54. The van der Waals surface area contributed by atoms with Gasteiger partial charge in [-0.15, -0.1) is 11.8 Å². The van der Waals surface area contributed by atoms with Crippen molar-refractivity contribution in [3.05, 3.63) is 43.0 Å². The van der Waals surface area contributed by atoms with Gasteiger partial charge >= 0.3 is 0 Å². The van der Waals surface area contributed by atoms with Crippen molar-refractivity contribution >= 4 is 11.8 Å². The molecule has 1 aromatic heterocycles. The van der Waals surface area contributed by atoms with Crippen LogP contribution >= 0.6 is 11.8 Å². The molecule has 0 amide bonds. The molecule has 2 aromatic rings. The normalized spacial score (nSPS) is 29.3. The lowest BCUT2D eigenvalue weighted by Crippen LogP contribution is -2.50. The van der Waals surface area contributed by atoms with Crippen molar-refractivity contribution in [2.45, 2.75) is 23.7 Å². The number of hydrogen-bond donors (Lipinski definition) is 3. The molecular formula is C14H16N2O4S. The van der Waals surface area contributed by atoms with Crippen LogP contribution in [-0.2, 0) is 0 Å². The summed E-state index contributed by atoms with van der Waals surface area (Å²) < 4.78 is 7.54. The summed E-state index contributed by atoms with van der Waals surface area (Å²) in [4.78, 5) is 3.98. The van der Waals surface area contributed by atoms with Gasteiger partial charge in [0.15, 0.2) is 5.44 Å². The lowest BCUT2D eigenvalue weighted by molar-refractivity contribution is -0.0786. The van der Waals surface area contributed by atoms with E-state index in [9.17, 15) is 15.3 Å². The average molecular weight is 308 g/mol. The Morgan fingerprint density at radius 3 is 2.57 bits per heavy atom. The Morgan fingerprint density at radius 2 is 1.90 bits per heavy atom. The fourth-order valence-electron chi connectivity index (χ4n) is 2.13. The minimum atomic E-state index is -1.18. The van der Waals surface area contributed by atoms with Gasteiger partial charge in [0, 0.05) is 23.8 Å². The number of ether oxygens (including phenoxy) is 1. The van der Waals surface area contributed by atoms with Gasteiger partial charge in [-0.2, -0.15) is 0 Å². The van der Waals surface area contributed by atoms with Crippen molar-refractivity contribution in [3.63, 3.8) is 0 Å². The highest BCUT2D eigenvalue weighted by Crippen LogP contribution is 2.29. The fourth-order valence-corrected chi connectivity index (χ4v) is 3.25. The molecule has 7 heteroatoms. The predicted octanol–water partition coefficient (Wildman–Crippen LogP) is 0.407. The number of hydrogen-bond acceptors (Lipinski definition) is 6. The molecule has 0 aliphatic carbocycles. The van der Waals surface area contributed by atoms with E-state index in [2.05, 4.69) is 4.98 Å². The molecule has 1 fully saturated rings. The number of aromatic nitrogens is 2. The number of thioether (sulfide) groups is 1. The number of aliphatic hydroxyl groups is 3. The molecule has 4 atom stereocenters. The van der Waals surface area contributed by atoms with E-state index in [1.54, 1.807) is 24.7 Å². The van der Waals surface area contributed by atoms with E-state index >= 15 is 0 Å². The average Bonchev–Trinajstić information content (AvgIpc) is 3.03. The second-order valence-corrected chi connectivity index (χ2v) is 5.96. The highest BCUT2D eigenvalue weighted by Gasteiger charge is 2.38. The molecule has 1 saturated heterocycles. The third-order valence-corrected chi connectivity index (χ3v) is 4.58. The predicted molar refractivity (Wildman–Crippen MR) is 78.5 cm³/mol. The van der Waals surface area contributed by atoms with Gasteiger partial charge in [-0.25, -0.2) is 4.98 Å². The first-order valence-electron chi connectivity index (χ1n) is 6.56. The molecule has 0 bridgehead atoms. The van der Waals surface area contributed by atoms with Crippen molar-refractivity contribution in [1.82, 2.24) is 9.55 Å². The summed E-state index contributed by atoms with van der Waals surface area (Å²) in [6, 6.07) is 7.34. The van der Waals surface area contributed by atoms with Crippen LogP contribution in [0.1, 0.15) is 0 Å². The summed E-state index contributed by atoms with van der Waals surface area (Å²) in [6.45, 7) is 0. The first-order chi connectivity index (χ1) is 10.1. The van der Waals surface area contributed by atoms with Crippen LogP contribution in [0.2, 0.25) is 0 Å². The maximum absolute atomic E-state index is 9.91. The first-order valence-corrected chi connectivity index (χ1v) is 7.61. The molecule has 0 spiro atoms. The van der Waals surface area contributed by atoms with Crippen LogP contribution in [0.3, 0.4) is 0 Å². The Kier molecular flexibility index (Phi) is 4.16. The van der Waals surface area contributed by atoms with E-state index in [1.807, 2.05) is 22.9 Å². The monoisotopic (exact) mass is 308 g/mol. The summed E-state index contributed by atoms with van der Waals surface area (Å²) in [5.41, 5.74) is 0.356. The number of benzene rings is 1. The minimum absolute atomic E-state index is 0.329. The lowest BCUT2D eigenvalue weighted by atomic mass is 10.1. The second-order valence-electron chi connectivity index (χ2n) is 4.83. The van der Waals surface area contributed by atoms with Gasteiger partial charge in [-0.1, -0.05) is 0 Å². The maximum Gasteiger partial charge on any atom is 0.173 e. The summed E-state index contributed by atoms with van der Waals surface area (Å²) in [5, 5.41) is 29.0. The topological polar surface area (TPSA) is 87.7 Å². The van der Waals surface area contributed by atoms with Crippen molar-refractivity contribution < 1.29 is 20.1 Å². The standard InChI is InChI=1S/C14H16N2O4S/c17-11-7-21-14(13(19)12(11)18)20-10-3-1-9(2-4-10)16-6-5-15-8-16/h1-6,8,11-14,17-19H,7H2/t11-,12+,13-,14-/m1/s1. The van der Waals surface area contributed by atoms with E-state index in [0.717, 1.165) is 5.69 Å². The summed E-state index contributed by atoms with van der Waals surface area (Å²) in [6.07, 6.45) is 2.02. The van der Waals surface area contributed by atoms with Crippen molar-refractivity contribution in [1.29, 1.82) is 0 Å². The van der Waals surface area contributed by atoms with E-state index < -0.39 is 23.7 Å². The maximum atomic E-state index is 9.91. The third-order valence-electron chi connectivity index (χ3n) is 3.35. The fraction of sp³-hybridized carbons (Fsp3) is 0.357. The summed E-state index contributed by atoms with van der Waals surface area (Å²) in [5.74, 6) is 0.926. The molecule has 21 heavy (non-hydrogen) atoms. The minimum Gasteiger partial charge on any atom is -0.477 e. The number of nitrogens with zero attached hydrogens (tertiary/aromatic N) is 2. The molecule has 1 aliphatic heterocycles. The van der Waals surface area contributed by atoms with Crippen LogP contribution in [0.25, 0.3) is 5.69 Å². The van der Waals surface area contributed by atoms with E-state index in [0.29, 0.717) is 11.5 Å². The van der Waals surface area contributed by atoms with Gasteiger partial charge in [0.05, 0.1) is 12.4 Å². The Labute approximate surface area is 126 Å². The lowest BCUT2D eigenvalue weighted by Gasteiger charge is -2.34.